The monoisotopic (exact) mass is 294 g/mol. The van der Waals surface area contributed by atoms with Crippen LogP contribution in [0.5, 0.6) is 0 Å². The van der Waals surface area contributed by atoms with Crippen LogP contribution in [0.4, 0.5) is 0 Å². The zero-order valence-corrected chi connectivity index (χ0v) is 13.6. The van der Waals surface area contributed by atoms with Gasteiger partial charge in [-0.15, -0.1) is 16.9 Å². The maximum Gasteiger partial charge on any atom is 0.531 e. The molecule has 2 fully saturated rings. The van der Waals surface area contributed by atoms with E-state index >= 15 is 0 Å². The van der Waals surface area contributed by atoms with Crippen LogP contribution >= 0.6 is 0 Å². The molecule has 0 heterocycles. The van der Waals surface area contributed by atoms with Gasteiger partial charge in [0.1, 0.15) is 0 Å². The summed E-state index contributed by atoms with van der Waals surface area (Å²) in [7, 11) is -2.50. The summed E-state index contributed by atoms with van der Waals surface area (Å²) in [6, 6.07) is 0. The summed E-state index contributed by atoms with van der Waals surface area (Å²) in [5.74, 6) is 0. The molecule has 4 nitrogen and oxygen atoms in total. The lowest BCUT2D eigenvalue weighted by Crippen LogP contribution is -2.34. The number of nitrogens with zero attached hydrogens (tertiary/aromatic N) is 2. The standard InChI is InChI=1S/C15H26N2O2Si/c1-3-20(2,18-16-14-10-6-4-7-11-14)19-17-15-12-8-5-9-13-15/h3H,1,4-13H2,2H3. The first-order valence-corrected chi connectivity index (χ1v) is 10.2. The van der Waals surface area contributed by atoms with Gasteiger partial charge in [-0.25, -0.2) is 0 Å². The van der Waals surface area contributed by atoms with Crippen LogP contribution < -0.4 is 0 Å². The summed E-state index contributed by atoms with van der Waals surface area (Å²) in [6.45, 7) is 5.78. The smallest absolute Gasteiger partial charge is 0.404 e. The molecule has 5 heteroatoms. The van der Waals surface area contributed by atoms with Gasteiger partial charge in [-0.3, -0.25) is 0 Å². The fourth-order valence-electron chi connectivity index (χ4n) is 2.50. The molecule has 2 rings (SSSR count). The van der Waals surface area contributed by atoms with Gasteiger partial charge in [-0.2, -0.15) is 0 Å². The number of rotatable bonds is 5. The Kier molecular flexibility index (Phi) is 5.82. The van der Waals surface area contributed by atoms with Crippen molar-refractivity contribution in [2.45, 2.75) is 70.8 Å². The molecule has 0 spiro atoms. The molecule has 2 aliphatic rings. The molecule has 0 radical (unpaired) electrons. The van der Waals surface area contributed by atoms with Gasteiger partial charge in [-0.1, -0.05) is 12.8 Å². The first kappa shape index (κ1) is 15.3. The molecule has 0 amide bonds. The van der Waals surface area contributed by atoms with Crippen LogP contribution in [-0.4, -0.2) is 20.0 Å². The molecular weight excluding hydrogens is 268 g/mol. The molecule has 0 atom stereocenters. The topological polar surface area (TPSA) is 43.2 Å². The average Bonchev–Trinajstić information content (AvgIpc) is 2.53. The summed E-state index contributed by atoms with van der Waals surface area (Å²) in [4.78, 5) is 0. The van der Waals surface area contributed by atoms with E-state index in [0.29, 0.717) is 0 Å². The van der Waals surface area contributed by atoms with Crippen molar-refractivity contribution < 1.29 is 9.05 Å². The zero-order valence-electron chi connectivity index (χ0n) is 12.6. The minimum absolute atomic E-state index is 1.05. The van der Waals surface area contributed by atoms with E-state index in [9.17, 15) is 0 Å². The molecule has 2 saturated carbocycles. The van der Waals surface area contributed by atoms with Crippen molar-refractivity contribution in [1.29, 1.82) is 0 Å². The molecule has 0 unspecified atom stereocenters. The summed E-state index contributed by atoms with van der Waals surface area (Å²) >= 11 is 0. The molecule has 0 saturated heterocycles. The van der Waals surface area contributed by atoms with Gasteiger partial charge in [0.15, 0.2) is 0 Å². The second kappa shape index (κ2) is 7.62. The maximum absolute atomic E-state index is 5.69. The third kappa shape index (κ3) is 4.78. The van der Waals surface area contributed by atoms with Crippen molar-refractivity contribution in [2.75, 3.05) is 0 Å². The van der Waals surface area contributed by atoms with E-state index < -0.39 is 8.56 Å². The van der Waals surface area contributed by atoms with Gasteiger partial charge >= 0.3 is 8.56 Å². The second-order valence-corrected chi connectivity index (χ2v) is 8.64. The van der Waals surface area contributed by atoms with Crippen molar-refractivity contribution in [3.8, 4) is 0 Å². The highest BCUT2D eigenvalue weighted by atomic mass is 28.4. The van der Waals surface area contributed by atoms with Crippen molar-refractivity contribution in [3.63, 3.8) is 0 Å². The zero-order chi connectivity index (χ0) is 14.3. The minimum atomic E-state index is -2.50. The van der Waals surface area contributed by atoms with Gasteiger partial charge in [0, 0.05) is 6.55 Å². The molecule has 0 aliphatic heterocycles. The Labute approximate surface area is 123 Å². The van der Waals surface area contributed by atoms with E-state index in [0.717, 1.165) is 37.1 Å². The summed E-state index contributed by atoms with van der Waals surface area (Å²) in [6.07, 6.45) is 11.7. The highest BCUT2D eigenvalue weighted by Crippen LogP contribution is 2.19. The molecular formula is C15H26N2O2Si. The van der Waals surface area contributed by atoms with E-state index in [1.54, 1.807) is 5.70 Å². The summed E-state index contributed by atoms with van der Waals surface area (Å²) in [5, 5.41) is 8.61. The van der Waals surface area contributed by atoms with Crippen molar-refractivity contribution in [1.82, 2.24) is 0 Å². The molecule has 0 aromatic rings. The van der Waals surface area contributed by atoms with E-state index in [1.165, 1.54) is 38.5 Å². The highest BCUT2D eigenvalue weighted by Gasteiger charge is 2.33. The number of hydrogen-bond acceptors (Lipinski definition) is 4. The van der Waals surface area contributed by atoms with Gasteiger partial charge in [0.2, 0.25) is 0 Å². The molecule has 20 heavy (non-hydrogen) atoms. The van der Waals surface area contributed by atoms with Crippen LogP contribution in [0.15, 0.2) is 22.6 Å². The largest absolute Gasteiger partial charge is 0.531 e. The van der Waals surface area contributed by atoms with Crippen molar-refractivity contribution in [2.24, 2.45) is 10.3 Å². The Morgan fingerprint density at radius 1 is 0.850 bits per heavy atom. The fourth-order valence-corrected chi connectivity index (χ4v) is 3.31. The number of oxime groups is 2. The third-order valence-electron chi connectivity index (χ3n) is 3.94. The lowest BCUT2D eigenvalue weighted by Gasteiger charge is -2.20. The van der Waals surface area contributed by atoms with Crippen LogP contribution in [0.1, 0.15) is 64.2 Å². The molecule has 0 aromatic carbocycles. The van der Waals surface area contributed by atoms with Gasteiger partial charge in [0.25, 0.3) is 0 Å². The van der Waals surface area contributed by atoms with Gasteiger partial charge in [0.05, 0.1) is 11.4 Å². The summed E-state index contributed by atoms with van der Waals surface area (Å²) < 4.78 is 11.4. The lowest BCUT2D eigenvalue weighted by atomic mass is 9.99. The van der Waals surface area contributed by atoms with Crippen LogP contribution in [-0.2, 0) is 9.05 Å². The minimum Gasteiger partial charge on any atom is -0.404 e. The van der Waals surface area contributed by atoms with Crippen LogP contribution in [0.3, 0.4) is 0 Å². The molecule has 112 valence electrons. The Balaban J connectivity index is 1.88. The lowest BCUT2D eigenvalue weighted by molar-refractivity contribution is 0.195. The van der Waals surface area contributed by atoms with Crippen molar-refractivity contribution >= 4 is 20.0 Å². The SMILES string of the molecule is C=C[Si](C)(ON=C1CCCCC1)ON=C1CCCCC1. The first-order chi connectivity index (χ1) is 9.72. The van der Waals surface area contributed by atoms with Gasteiger partial charge in [-0.05, 0) is 57.1 Å². The Morgan fingerprint density at radius 2 is 1.25 bits per heavy atom. The van der Waals surface area contributed by atoms with Crippen LogP contribution in [0.25, 0.3) is 0 Å². The predicted octanol–water partition coefficient (Wildman–Crippen LogP) is 4.46. The second-order valence-electron chi connectivity index (χ2n) is 5.84. The first-order valence-electron chi connectivity index (χ1n) is 7.83. The highest BCUT2D eigenvalue weighted by molar-refractivity contribution is 6.71. The number of hydrogen-bond donors (Lipinski definition) is 0. The molecule has 0 bridgehead atoms. The maximum atomic E-state index is 5.69. The molecule has 0 aromatic heterocycles. The third-order valence-corrected chi connectivity index (χ3v) is 5.59. The quantitative estimate of drug-likeness (QED) is 0.555. The Hall–Kier alpha value is -1.10. The van der Waals surface area contributed by atoms with E-state index in [2.05, 4.69) is 16.9 Å². The Bertz CT molecular complexity index is 347. The van der Waals surface area contributed by atoms with E-state index in [4.69, 9.17) is 9.05 Å². The Morgan fingerprint density at radius 3 is 1.60 bits per heavy atom. The normalized spacial score (nSPS) is 20.2. The molecule has 0 N–H and O–H groups in total. The fraction of sp³-hybridized carbons (Fsp3) is 0.733. The van der Waals surface area contributed by atoms with E-state index in [1.807, 2.05) is 6.55 Å². The van der Waals surface area contributed by atoms with Gasteiger partial charge < -0.3 is 9.05 Å². The predicted molar refractivity (Wildman–Crippen MR) is 85.0 cm³/mol. The molecule has 2 aliphatic carbocycles. The van der Waals surface area contributed by atoms with Crippen LogP contribution in [0.2, 0.25) is 6.55 Å². The average molecular weight is 294 g/mol. The summed E-state index contributed by atoms with van der Waals surface area (Å²) in [5.41, 5.74) is 4.07. The van der Waals surface area contributed by atoms with Crippen LogP contribution in [0, 0.1) is 0 Å². The van der Waals surface area contributed by atoms with Crippen molar-refractivity contribution in [3.05, 3.63) is 12.3 Å². The van der Waals surface area contributed by atoms with E-state index in [-0.39, 0.29) is 0 Å².